The molecule has 2 rings (SSSR count). The highest BCUT2D eigenvalue weighted by molar-refractivity contribution is 5.96. The summed E-state index contributed by atoms with van der Waals surface area (Å²) in [6.45, 7) is 0.422. The van der Waals surface area contributed by atoms with Gasteiger partial charge in [-0.15, -0.1) is 0 Å². The molecule has 0 unspecified atom stereocenters. The van der Waals surface area contributed by atoms with Crippen molar-refractivity contribution in [3.63, 3.8) is 0 Å². The van der Waals surface area contributed by atoms with Gasteiger partial charge in [0.1, 0.15) is 17.2 Å². The van der Waals surface area contributed by atoms with Crippen molar-refractivity contribution in [3.05, 3.63) is 53.6 Å². The van der Waals surface area contributed by atoms with Crippen LogP contribution in [0.3, 0.4) is 0 Å². The predicted octanol–water partition coefficient (Wildman–Crippen LogP) is 3.45. The van der Waals surface area contributed by atoms with Gasteiger partial charge in [-0.05, 0) is 42.3 Å². The minimum Gasteiger partial charge on any atom is -0.468 e. The average Bonchev–Trinajstić information content (AvgIpc) is 2.74. The third-order valence-corrected chi connectivity index (χ3v) is 3.86. The second-order valence-electron chi connectivity index (χ2n) is 5.87. The van der Waals surface area contributed by atoms with Crippen molar-refractivity contribution in [1.82, 2.24) is 0 Å². The van der Waals surface area contributed by atoms with Gasteiger partial charge in [-0.25, -0.2) is 0 Å². The van der Waals surface area contributed by atoms with Gasteiger partial charge < -0.3 is 28.4 Å². The average molecular weight is 390 g/mol. The summed E-state index contributed by atoms with van der Waals surface area (Å²) in [4.78, 5) is 12.5. The van der Waals surface area contributed by atoms with Crippen LogP contribution in [-0.4, -0.2) is 47.5 Å². The molecule has 0 aliphatic carbocycles. The summed E-state index contributed by atoms with van der Waals surface area (Å²) in [5, 5.41) is 0. The number of aryl methyl sites for hydroxylation is 1. The molecule has 0 bridgehead atoms. The van der Waals surface area contributed by atoms with Gasteiger partial charge in [0.15, 0.2) is 26.2 Å². The lowest BCUT2D eigenvalue weighted by Gasteiger charge is -2.13. The molecule has 0 heterocycles. The highest BCUT2D eigenvalue weighted by Gasteiger charge is 2.11. The van der Waals surface area contributed by atoms with Crippen molar-refractivity contribution < 1.29 is 33.2 Å². The number of methoxy groups -OCH3 is 3. The molecule has 0 radical (unpaired) electrons. The van der Waals surface area contributed by atoms with Gasteiger partial charge in [0, 0.05) is 39.4 Å². The summed E-state index contributed by atoms with van der Waals surface area (Å²) in [7, 11) is 4.66. The number of hydrogen-bond acceptors (Lipinski definition) is 7. The fourth-order valence-corrected chi connectivity index (χ4v) is 2.47. The first-order valence-corrected chi connectivity index (χ1v) is 8.79. The molecule has 0 saturated carbocycles. The molecule has 0 aliphatic heterocycles. The van der Waals surface area contributed by atoms with Gasteiger partial charge in [0.05, 0.1) is 0 Å². The molecule has 0 aliphatic rings. The summed E-state index contributed by atoms with van der Waals surface area (Å²) in [5.74, 6) is 1.93. The van der Waals surface area contributed by atoms with Crippen LogP contribution < -0.4 is 14.2 Å². The van der Waals surface area contributed by atoms with E-state index < -0.39 is 0 Å². The maximum Gasteiger partial charge on any atom is 0.188 e. The highest BCUT2D eigenvalue weighted by Crippen LogP contribution is 2.27. The number of Topliss-reactive ketones (excluding diaryl/α,β-unsaturated/α-hetero) is 1. The number of carbonyl (C=O) groups is 1. The van der Waals surface area contributed by atoms with E-state index in [9.17, 15) is 4.79 Å². The van der Waals surface area contributed by atoms with Crippen LogP contribution in [0.5, 0.6) is 17.2 Å². The highest BCUT2D eigenvalue weighted by atomic mass is 16.7. The molecule has 0 saturated heterocycles. The first kappa shape index (κ1) is 21.7. The van der Waals surface area contributed by atoms with Gasteiger partial charge in [-0.2, -0.15) is 0 Å². The Balaban J connectivity index is 2.00. The van der Waals surface area contributed by atoms with Gasteiger partial charge in [0.25, 0.3) is 0 Å². The van der Waals surface area contributed by atoms with Crippen LogP contribution in [0, 0.1) is 0 Å². The molecule has 0 aromatic heterocycles. The van der Waals surface area contributed by atoms with E-state index in [1.807, 2.05) is 12.1 Å². The van der Waals surface area contributed by atoms with Crippen molar-refractivity contribution in [3.8, 4) is 17.2 Å². The first-order chi connectivity index (χ1) is 13.7. The summed E-state index contributed by atoms with van der Waals surface area (Å²) in [5.41, 5.74) is 1.53. The van der Waals surface area contributed by atoms with Crippen molar-refractivity contribution in [2.24, 2.45) is 0 Å². The Morgan fingerprint density at radius 2 is 1.32 bits per heavy atom. The van der Waals surface area contributed by atoms with E-state index in [-0.39, 0.29) is 26.2 Å². The van der Waals surface area contributed by atoms with E-state index in [0.29, 0.717) is 35.7 Å². The van der Waals surface area contributed by atoms with Gasteiger partial charge in [-0.1, -0.05) is 6.07 Å². The Morgan fingerprint density at radius 1 is 0.750 bits per heavy atom. The van der Waals surface area contributed by atoms with Crippen LogP contribution in [0.2, 0.25) is 0 Å². The van der Waals surface area contributed by atoms with E-state index in [0.717, 1.165) is 5.56 Å². The number of hydrogen-bond donors (Lipinski definition) is 0. The molecule has 0 spiro atoms. The molecule has 7 nitrogen and oxygen atoms in total. The predicted molar refractivity (Wildman–Crippen MR) is 103 cm³/mol. The van der Waals surface area contributed by atoms with Crippen molar-refractivity contribution in [1.29, 1.82) is 0 Å². The molecule has 7 heteroatoms. The number of rotatable bonds is 13. The van der Waals surface area contributed by atoms with E-state index in [2.05, 4.69) is 0 Å². The van der Waals surface area contributed by atoms with Crippen LogP contribution in [0.4, 0.5) is 0 Å². The normalized spacial score (nSPS) is 10.5. The number of ether oxygens (including phenoxy) is 6. The van der Waals surface area contributed by atoms with Crippen LogP contribution in [-0.2, 0) is 20.6 Å². The summed E-state index contributed by atoms with van der Waals surface area (Å²) < 4.78 is 31.1. The maximum atomic E-state index is 12.5. The molecule has 0 atom stereocenters. The Kier molecular flexibility index (Phi) is 9.27. The largest absolute Gasteiger partial charge is 0.468 e. The fraction of sp³-hybridized carbons (Fsp3) is 0.381. The van der Waals surface area contributed by atoms with E-state index in [4.69, 9.17) is 28.4 Å². The van der Waals surface area contributed by atoms with Crippen molar-refractivity contribution >= 4 is 5.78 Å². The van der Waals surface area contributed by atoms with Crippen molar-refractivity contribution in [2.45, 2.75) is 12.8 Å². The zero-order chi connectivity index (χ0) is 20.2. The lowest BCUT2D eigenvalue weighted by atomic mass is 10.0. The SMILES string of the molecule is COCOc1ccc(C(=O)CCc2ccc(OCOC)cc2OCOC)cc1. The van der Waals surface area contributed by atoms with Crippen LogP contribution in [0.15, 0.2) is 42.5 Å². The van der Waals surface area contributed by atoms with E-state index in [1.54, 1.807) is 51.7 Å². The quantitative estimate of drug-likeness (QED) is 0.383. The second-order valence-corrected chi connectivity index (χ2v) is 5.87. The number of carbonyl (C=O) groups excluding carboxylic acids is 1. The third kappa shape index (κ3) is 6.84. The Bertz CT molecular complexity index is 728. The van der Waals surface area contributed by atoms with Crippen LogP contribution in [0.25, 0.3) is 0 Å². The lowest BCUT2D eigenvalue weighted by Crippen LogP contribution is -2.06. The molecule has 0 amide bonds. The lowest BCUT2D eigenvalue weighted by molar-refractivity contribution is 0.0456. The molecular weight excluding hydrogens is 364 g/mol. The molecule has 2 aromatic carbocycles. The van der Waals surface area contributed by atoms with Crippen molar-refractivity contribution in [2.75, 3.05) is 41.7 Å². The third-order valence-electron chi connectivity index (χ3n) is 3.86. The van der Waals surface area contributed by atoms with E-state index in [1.165, 1.54) is 0 Å². The summed E-state index contributed by atoms with van der Waals surface area (Å²) in [6.07, 6.45) is 0.879. The van der Waals surface area contributed by atoms with Gasteiger partial charge >= 0.3 is 0 Å². The van der Waals surface area contributed by atoms with Crippen LogP contribution >= 0.6 is 0 Å². The smallest absolute Gasteiger partial charge is 0.188 e. The zero-order valence-electron chi connectivity index (χ0n) is 16.4. The number of ketones is 1. The van der Waals surface area contributed by atoms with E-state index >= 15 is 0 Å². The topological polar surface area (TPSA) is 72.5 Å². The zero-order valence-corrected chi connectivity index (χ0v) is 16.4. The fourth-order valence-electron chi connectivity index (χ4n) is 2.47. The minimum absolute atomic E-state index is 0.0377. The summed E-state index contributed by atoms with van der Waals surface area (Å²) >= 11 is 0. The standard InChI is InChI=1S/C21H26O7/c1-23-13-26-18-8-4-16(5-9-18)20(22)11-7-17-6-10-19(27-14-24-2)12-21(17)28-15-25-3/h4-6,8-10,12H,7,11,13-15H2,1-3H3. The molecule has 2 aromatic rings. The molecule has 152 valence electrons. The van der Waals surface area contributed by atoms with Gasteiger partial charge in [0.2, 0.25) is 0 Å². The molecule has 0 fully saturated rings. The number of benzene rings is 2. The molecule has 28 heavy (non-hydrogen) atoms. The minimum atomic E-state index is 0.0377. The van der Waals surface area contributed by atoms with Crippen LogP contribution in [0.1, 0.15) is 22.3 Å². The molecule has 0 N–H and O–H groups in total. The van der Waals surface area contributed by atoms with Gasteiger partial charge in [-0.3, -0.25) is 4.79 Å². The molecular formula is C21H26O7. The summed E-state index contributed by atoms with van der Waals surface area (Å²) in [6, 6.07) is 12.5. The maximum absolute atomic E-state index is 12.5. The Morgan fingerprint density at radius 3 is 1.96 bits per heavy atom. The Hall–Kier alpha value is -2.61. The monoisotopic (exact) mass is 390 g/mol. The first-order valence-electron chi connectivity index (χ1n) is 8.79. The second kappa shape index (κ2) is 12.0. The Labute approximate surface area is 165 Å².